The number of aliphatic hydroxyl groups is 1. The van der Waals surface area contributed by atoms with E-state index in [1.165, 1.54) is 0 Å². The lowest BCUT2D eigenvalue weighted by Crippen LogP contribution is -2.13. The Morgan fingerprint density at radius 2 is 1.84 bits per heavy atom. The van der Waals surface area contributed by atoms with Crippen molar-refractivity contribution in [3.63, 3.8) is 0 Å². The molecule has 4 heteroatoms. The van der Waals surface area contributed by atoms with E-state index in [2.05, 4.69) is 21.2 Å². The molecule has 0 spiro atoms. The highest BCUT2D eigenvalue weighted by molar-refractivity contribution is 9.10. The van der Waals surface area contributed by atoms with Gasteiger partial charge in [0.25, 0.3) is 0 Å². The van der Waals surface area contributed by atoms with Crippen LogP contribution in [-0.2, 0) is 19.7 Å². The van der Waals surface area contributed by atoms with Crippen LogP contribution in [0.1, 0.15) is 16.7 Å². The standard InChI is InChI=1S/C15H15BrClNO/c16-14-5-4-13(15(17)7-14)9-18-8-11-2-1-3-12(6-11)10-19/h1-7,18-19H,8-10H2. The Kier molecular flexibility index (Phi) is 5.40. The summed E-state index contributed by atoms with van der Waals surface area (Å²) in [7, 11) is 0. The van der Waals surface area contributed by atoms with E-state index in [9.17, 15) is 0 Å². The van der Waals surface area contributed by atoms with Gasteiger partial charge < -0.3 is 10.4 Å². The molecule has 100 valence electrons. The van der Waals surface area contributed by atoms with Crippen molar-refractivity contribution in [1.82, 2.24) is 5.32 Å². The average Bonchev–Trinajstić information content (AvgIpc) is 2.41. The molecule has 0 unspecified atom stereocenters. The molecule has 0 amide bonds. The number of halogens is 2. The highest BCUT2D eigenvalue weighted by Crippen LogP contribution is 2.21. The van der Waals surface area contributed by atoms with Crippen LogP contribution in [0.3, 0.4) is 0 Å². The van der Waals surface area contributed by atoms with E-state index in [1.54, 1.807) is 0 Å². The fourth-order valence-corrected chi connectivity index (χ4v) is 2.58. The Hall–Kier alpha value is -0.870. The fraction of sp³-hybridized carbons (Fsp3) is 0.200. The molecule has 2 N–H and O–H groups in total. The Morgan fingerprint density at radius 1 is 1.05 bits per heavy atom. The normalized spacial score (nSPS) is 10.7. The van der Waals surface area contributed by atoms with E-state index in [-0.39, 0.29) is 6.61 Å². The van der Waals surface area contributed by atoms with E-state index >= 15 is 0 Å². The zero-order chi connectivity index (χ0) is 13.7. The maximum absolute atomic E-state index is 9.09. The molecule has 0 aliphatic heterocycles. The minimum absolute atomic E-state index is 0.0758. The molecule has 0 atom stereocenters. The minimum Gasteiger partial charge on any atom is -0.392 e. The monoisotopic (exact) mass is 339 g/mol. The number of benzene rings is 2. The molecule has 0 fully saturated rings. The molecule has 0 saturated heterocycles. The third kappa shape index (κ3) is 4.32. The molecule has 2 aromatic rings. The van der Waals surface area contributed by atoms with Gasteiger partial charge in [-0.25, -0.2) is 0 Å². The van der Waals surface area contributed by atoms with E-state index in [1.807, 2.05) is 42.5 Å². The molecule has 0 aliphatic rings. The van der Waals surface area contributed by atoms with Gasteiger partial charge in [0.15, 0.2) is 0 Å². The van der Waals surface area contributed by atoms with Crippen LogP contribution in [0.4, 0.5) is 0 Å². The van der Waals surface area contributed by atoms with Crippen LogP contribution in [-0.4, -0.2) is 5.11 Å². The lowest BCUT2D eigenvalue weighted by molar-refractivity contribution is 0.281. The van der Waals surface area contributed by atoms with Crippen LogP contribution in [0.2, 0.25) is 5.02 Å². The van der Waals surface area contributed by atoms with Gasteiger partial charge in [0, 0.05) is 22.6 Å². The van der Waals surface area contributed by atoms with E-state index in [4.69, 9.17) is 16.7 Å². The zero-order valence-corrected chi connectivity index (χ0v) is 12.7. The van der Waals surface area contributed by atoms with Crippen molar-refractivity contribution in [3.05, 3.63) is 68.7 Å². The van der Waals surface area contributed by atoms with Crippen LogP contribution >= 0.6 is 27.5 Å². The van der Waals surface area contributed by atoms with Gasteiger partial charge in [-0.3, -0.25) is 0 Å². The second-order valence-corrected chi connectivity index (χ2v) is 5.64. The third-order valence-electron chi connectivity index (χ3n) is 2.83. The Bertz CT molecular complexity index is 560. The highest BCUT2D eigenvalue weighted by atomic mass is 79.9. The number of aliphatic hydroxyl groups excluding tert-OH is 1. The molecule has 2 rings (SSSR count). The molecule has 0 aromatic heterocycles. The highest BCUT2D eigenvalue weighted by Gasteiger charge is 2.01. The van der Waals surface area contributed by atoms with Gasteiger partial charge in [0.2, 0.25) is 0 Å². The molecule has 2 nitrogen and oxygen atoms in total. The van der Waals surface area contributed by atoms with Gasteiger partial charge in [-0.15, -0.1) is 0 Å². The summed E-state index contributed by atoms with van der Waals surface area (Å²) in [5.41, 5.74) is 3.16. The van der Waals surface area contributed by atoms with Gasteiger partial charge in [0.05, 0.1) is 6.61 Å². The Balaban J connectivity index is 1.92. The smallest absolute Gasteiger partial charge is 0.0681 e. The fourth-order valence-electron chi connectivity index (χ4n) is 1.84. The molecular weight excluding hydrogens is 326 g/mol. The number of nitrogens with one attached hydrogen (secondary N) is 1. The molecule has 0 bridgehead atoms. The molecule has 2 aromatic carbocycles. The SMILES string of the molecule is OCc1cccc(CNCc2ccc(Br)cc2Cl)c1. The van der Waals surface area contributed by atoms with Crippen LogP contribution < -0.4 is 5.32 Å². The molecular formula is C15H15BrClNO. The van der Waals surface area contributed by atoms with E-state index in [0.29, 0.717) is 0 Å². The van der Waals surface area contributed by atoms with Crippen molar-refractivity contribution in [2.75, 3.05) is 0 Å². The van der Waals surface area contributed by atoms with Crippen LogP contribution in [0.15, 0.2) is 46.9 Å². The first kappa shape index (κ1) is 14.5. The average molecular weight is 341 g/mol. The lowest BCUT2D eigenvalue weighted by Gasteiger charge is -2.08. The van der Waals surface area contributed by atoms with Crippen LogP contribution in [0, 0.1) is 0 Å². The first-order valence-corrected chi connectivity index (χ1v) is 7.19. The molecule has 19 heavy (non-hydrogen) atoms. The van der Waals surface area contributed by atoms with Crippen molar-refractivity contribution in [1.29, 1.82) is 0 Å². The van der Waals surface area contributed by atoms with Crippen molar-refractivity contribution in [3.8, 4) is 0 Å². The van der Waals surface area contributed by atoms with Gasteiger partial charge in [-0.1, -0.05) is 57.9 Å². The van der Waals surface area contributed by atoms with Crippen molar-refractivity contribution >= 4 is 27.5 Å². The first-order valence-electron chi connectivity index (χ1n) is 6.02. The van der Waals surface area contributed by atoms with E-state index < -0.39 is 0 Å². The van der Waals surface area contributed by atoms with Gasteiger partial charge in [0.1, 0.15) is 0 Å². The van der Waals surface area contributed by atoms with Gasteiger partial charge in [-0.05, 0) is 28.8 Å². The summed E-state index contributed by atoms with van der Waals surface area (Å²) in [4.78, 5) is 0. The van der Waals surface area contributed by atoms with Crippen molar-refractivity contribution in [2.24, 2.45) is 0 Å². The Labute approximate surface area is 126 Å². The first-order chi connectivity index (χ1) is 9.19. The van der Waals surface area contributed by atoms with E-state index in [0.717, 1.165) is 39.3 Å². The molecule has 0 heterocycles. The number of rotatable bonds is 5. The third-order valence-corrected chi connectivity index (χ3v) is 3.68. The maximum Gasteiger partial charge on any atom is 0.0681 e. The summed E-state index contributed by atoms with van der Waals surface area (Å²) in [6.07, 6.45) is 0. The summed E-state index contributed by atoms with van der Waals surface area (Å²) in [5, 5.41) is 13.2. The lowest BCUT2D eigenvalue weighted by atomic mass is 10.1. The summed E-state index contributed by atoms with van der Waals surface area (Å²) in [6.45, 7) is 1.54. The summed E-state index contributed by atoms with van der Waals surface area (Å²) in [6, 6.07) is 13.8. The molecule has 0 radical (unpaired) electrons. The predicted octanol–water partition coefficient (Wildman–Crippen LogP) is 3.88. The largest absolute Gasteiger partial charge is 0.392 e. The van der Waals surface area contributed by atoms with Gasteiger partial charge in [-0.2, -0.15) is 0 Å². The molecule has 0 saturated carbocycles. The summed E-state index contributed by atoms with van der Waals surface area (Å²) in [5.74, 6) is 0. The van der Waals surface area contributed by atoms with Gasteiger partial charge >= 0.3 is 0 Å². The second-order valence-electron chi connectivity index (χ2n) is 4.32. The quantitative estimate of drug-likeness (QED) is 0.865. The zero-order valence-electron chi connectivity index (χ0n) is 10.4. The topological polar surface area (TPSA) is 32.3 Å². The van der Waals surface area contributed by atoms with Crippen molar-refractivity contribution < 1.29 is 5.11 Å². The van der Waals surface area contributed by atoms with Crippen LogP contribution in [0.5, 0.6) is 0 Å². The van der Waals surface area contributed by atoms with Crippen LogP contribution in [0.25, 0.3) is 0 Å². The molecule has 0 aliphatic carbocycles. The summed E-state index contributed by atoms with van der Waals surface area (Å²) >= 11 is 9.54. The minimum atomic E-state index is 0.0758. The second kappa shape index (κ2) is 7.06. The number of hydrogen-bond acceptors (Lipinski definition) is 2. The maximum atomic E-state index is 9.09. The number of hydrogen-bond donors (Lipinski definition) is 2. The Morgan fingerprint density at radius 3 is 2.58 bits per heavy atom. The van der Waals surface area contributed by atoms with Crippen molar-refractivity contribution in [2.45, 2.75) is 19.7 Å². The predicted molar refractivity (Wildman–Crippen MR) is 82.1 cm³/mol. The summed E-state index contributed by atoms with van der Waals surface area (Å²) < 4.78 is 0.983.